The zero-order chi connectivity index (χ0) is 22.3. The predicted octanol–water partition coefficient (Wildman–Crippen LogP) is 2.64. The standard InChI is InChI=1S/C21H25FN2O5S/c1-4-24(5-2)30(27,28)19-12-16(10-11-18(19)22)21(26)29-14-20(25)23-13-17-9-7-6-8-15(17)3/h6-12H,4-5,13-14H2,1-3H3,(H,23,25). The van der Waals surface area contributed by atoms with Gasteiger partial charge < -0.3 is 10.1 Å². The van der Waals surface area contributed by atoms with E-state index in [0.717, 1.165) is 33.6 Å². The smallest absolute Gasteiger partial charge is 0.338 e. The van der Waals surface area contributed by atoms with Gasteiger partial charge in [-0.3, -0.25) is 4.79 Å². The second kappa shape index (κ2) is 10.3. The number of aryl methyl sites for hydroxylation is 1. The van der Waals surface area contributed by atoms with Gasteiger partial charge in [-0.15, -0.1) is 0 Å². The summed E-state index contributed by atoms with van der Waals surface area (Å²) < 4.78 is 45.3. The van der Waals surface area contributed by atoms with Gasteiger partial charge in [0.25, 0.3) is 5.91 Å². The molecule has 0 aromatic heterocycles. The molecule has 1 amide bonds. The van der Waals surface area contributed by atoms with Gasteiger partial charge in [-0.05, 0) is 36.2 Å². The van der Waals surface area contributed by atoms with Crippen LogP contribution in [0.1, 0.15) is 35.3 Å². The molecule has 30 heavy (non-hydrogen) atoms. The van der Waals surface area contributed by atoms with Crippen molar-refractivity contribution in [2.45, 2.75) is 32.2 Å². The summed E-state index contributed by atoms with van der Waals surface area (Å²) >= 11 is 0. The van der Waals surface area contributed by atoms with Crippen molar-refractivity contribution < 1.29 is 27.1 Å². The lowest BCUT2D eigenvalue weighted by Crippen LogP contribution is -2.31. The third-order valence-electron chi connectivity index (χ3n) is 4.56. The highest BCUT2D eigenvalue weighted by Gasteiger charge is 2.26. The number of rotatable bonds is 9. The van der Waals surface area contributed by atoms with Crippen LogP contribution in [0, 0.1) is 12.7 Å². The van der Waals surface area contributed by atoms with Crippen LogP contribution in [0.15, 0.2) is 47.4 Å². The van der Waals surface area contributed by atoms with Gasteiger partial charge in [0.2, 0.25) is 10.0 Å². The molecule has 0 spiro atoms. The van der Waals surface area contributed by atoms with Crippen LogP contribution in [0.2, 0.25) is 0 Å². The van der Waals surface area contributed by atoms with Gasteiger partial charge in [0.15, 0.2) is 6.61 Å². The third-order valence-corrected chi connectivity index (χ3v) is 6.63. The fourth-order valence-corrected chi connectivity index (χ4v) is 4.35. The molecule has 0 aliphatic rings. The van der Waals surface area contributed by atoms with E-state index in [1.54, 1.807) is 13.8 Å². The molecule has 0 saturated carbocycles. The van der Waals surface area contributed by atoms with Crippen LogP contribution in [-0.4, -0.2) is 44.3 Å². The first-order valence-corrected chi connectivity index (χ1v) is 10.9. The molecule has 0 radical (unpaired) electrons. The van der Waals surface area contributed by atoms with Crippen molar-refractivity contribution in [2.24, 2.45) is 0 Å². The molecule has 0 atom stereocenters. The molecule has 9 heteroatoms. The van der Waals surface area contributed by atoms with E-state index >= 15 is 0 Å². The predicted molar refractivity (Wildman–Crippen MR) is 110 cm³/mol. The minimum Gasteiger partial charge on any atom is -0.452 e. The topological polar surface area (TPSA) is 92.8 Å². The summed E-state index contributed by atoms with van der Waals surface area (Å²) in [4.78, 5) is 23.6. The Morgan fingerprint density at radius 1 is 1.10 bits per heavy atom. The van der Waals surface area contributed by atoms with Crippen LogP contribution in [0.25, 0.3) is 0 Å². The van der Waals surface area contributed by atoms with Crippen molar-refractivity contribution >= 4 is 21.9 Å². The molecule has 2 rings (SSSR count). The Morgan fingerprint density at radius 2 is 1.77 bits per heavy atom. The summed E-state index contributed by atoms with van der Waals surface area (Å²) in [5, 5.41) is 2.64. The summed E-state index contributed by atoms with van der Waals surface area (Å²) in [6.07, 6.45) is 0. The van der Waals surface area contributed by atoms with Crippen LogP contribution >= 0.6 is 0 Å². The van der Waals surface area contributed by atoms with Crippen LogP contribution in [0.3, 0.4) is 0 Å². The molecule has 2 aromatic rings. The van der Waals surface area contributed by atoms with E-state index in [2.05, 4.69) is 5.32 Å². The minimum atomic E-state index is -4.09. The second-order valence-electron chi connectivity index (χ2n) is 6.51. The van der Waals surface area contributed by atoms with E-state index < -0.39 is 39.2 Å². The molecular weight excluding hydrogens is 411 g/mol. The summed E-state index contributed by atoms with van der Waals surface area (Å²) in [6, 6.07) is 10.5. The zero-order valence-corrected chi connectivity index (χ0v) is 18.0. The maximum atomic E-state index is 14.1. The van der Waals surface area contributed by atoms with Crippen molar-refractivity contribution in [2.75, 3.05) is 19.7 Å². The lowest BCUT2D eigenvalue weighted by atomic mass is 10.1. The summed E-state index contributed by atoms with van der Waals surface area (Å²) in [5.74, 6) is -2.39. The molecular formula is C21H25FN2O5S. The maximum absolute atomic E-state index is 14.1. The third kappa shape index (κ3) is 5.64. The largest absolute Gasteiger partial charge is 0.452 e. The molecule has 0 unspecified atom stereocenters. The van der Waals surface area contributed by atoms with E-state index in [1.165, 1.54) is 0 Å². The highest BCUT2D eigenvalue weighted by Crippen LogP contribution is 2.21. The average molecular weight is 437 g/mol. The van der Waals surface area contributed by atoms with Gasteiger partial charge in [-0.2, -0.15) is 4.31 Å². The summed E-state index contributed by atoms with van der Waals surface area (Å²) in [5.41, 5.74) is 1.79. The summed E-state index contributed by atoms with van der Waals surface area (Å²) in [7, 11) is -4.09. The quantitative estimate of drug-likeness (QED) is 0.610. The number of halogens is 1. The number of amides is 1. The lowest BCUT2D eigenvalue weighted by molar-refractivity contribution is -0.124. The molecule has 0 saturated heterocycles. The molecule has 0 heterocycles. The van der Waals surface area contributed by atoms with Gasteiger partial charge in [-0.1, -0.05) is 38.1 Å². The lowest BCUT2D eigenvalue weighted by Gasteiger charge is -2.19. The molecule has 0 aliphatic carbocycles. The van der Waals surface area contributed by atoms with E-state index in [0.29, 0.717) is 0 Å². The number of nitrogens with zero attached hydrogens (tertiary/aromatic N) is 1. The maximum Gasteiger partial charge on any atom is 0.338 e. The summed E-state index contributed by atoms with van der Waals surface area (Å²) in [6.45, 7) is 5.24. The van der Waals surface area contributed by atoms with Crippen molar-refractivity contribution in [3.05, 3.63) is 65.0 Å². The van der Waals surface area contributed by atoms with Gasteiger partial charge in [-0.25, -0.2) is 17.6 Å². The van der Waals surface area contributed by atoms with E-state index in [4.69, 9.17) is 4.74 Å². The Balaban J connectivity index is 2.03. The number of carbonyl (C=O) groups excluding carboxylic acids is 2. The van der Waals surface area contributed by atoms with Crippen molar-refractivity contribution in [1.29, 1.82) is 0 Å². The average Bonchev–Trinajstić information content (AvgIpc) is 2.72. The number of hydrogen-bond acceptors (Lipinski definition) is 5. The van der Waals surface area contributed by atoms with Gasteiger partial charge in [0.05, 0.1) is 5.56 Å². The number of hydrogen-bond donors (Lipinski definition) is 1. The minimum absolute atomic E-state index is 0.158. The zero-order valence-electron chi connectivity index (χ0n) is 17.1. The highest BCUT2D eigenvalue weighted by molar-refractivity contribution is 7.89. The molecule has 162 valence electrons. The number of benzene rings is 2. The first-order valence-electron chi connectivity index (χ1n) is 9.48. The number of esters is 1. The first-order chi connectivity index (χ1) is 14.2. The fourth-order valence-electron chi connectivity index (χ4n) is 2.80. The molecule has 1 N–H and O–H groups in total. The normalized spacial score (nSPS) is 11.4. The first kappa shape index (κ1) is 23.5. The molecule has 0 fully saturated rings. The van der Waals surface area contributed by atoms with Crippen LogP contribution < -0.4 is 5.32 Å². The van der Waals surface area contributed by atoms with Gasteiger partial charge in [0.1, 0.15) is 10.7 Å². The van der Waals surface area contributed by atoms with Crippen LogP contribution in [-0.2, 0) is 26.1 Å². The second-order valence-corrected chi connectivity index (χ2v) is 8.42. The Labute approximate surface area is 175 Å². The SMILES string of the molecule is CCN(CC)S(=O)(=O)c1cc(C(=O)OCC(=O)NCc2ccccc2C)ccc1F. The van der Waals surface area contributed by atoms with E-state index in [1.807, 2.05) is 31.2 Å². The van der Waals surface area contributed by atoms with Crippen molar-refractivity contribution in [1.82, 2.24) is 9.62 Å². The van der Waals surface area contributed by atoms with Crippen molar-refractivity contribution in [3.8, 4) is 0 Å². The Kier molecular flexibility index (Phi) is 8.08. The van der Waals surface area contributed by atoms with Crippen LogP contribution in [0.4, 0.5) is 4.39 Å². The molecule has 0 aliphatic heterocycles. The molecule has 2 aromatic carbocycles. The fraction of sp³-hybridized carbons (Fsp3) is 0.333. The Morgan fingerprint density at radius 3 is 2.40 bits per heavy atom. The number of ether oxygens (including phenoxy) is 1. The monoisotopic (exact) mass is 436 g/mol. The van der Waals surface area contributed by atoms with Crippen molar-refractivity contribution in [3.63, 3.8) is 0 Å². The highest BCUT2D eigenvalue weighted by atomic mass is 32.2. The van der Waals surface area contributed by atoms with E-state index in [-0.39, 0.29) is 25.2 Å². The Hall–Kier alpha value is -2.78. The van der Waals surface area contributed by atoms with Gasteiger partial charge >= 0.3 is 5.97 Å². The molecule has 0 bridgehead atoms. The Bertz CT molecular complexity index is 1020. The van der Waals surface area contributed by atoms with Gasteiger partial charge in [0, 0.05) is 19.6 Å². The number of sulfonamides is 1. The van der Waals surface area contributed by atoms with E-state index in [9.17, 15) is 22.4 Å². The number of carbonyl (C=O) groups is 2. The number of nitrogens with one attached hydrogen (secondary N) is 1. The van der Waals surface area contributed by atoms with Crippen LogP contribution in [0.5, 0.6) is 0 Å². The molecule has 7 nitrogen and oxygen atoms in total.